The lowest BCUT2D eigenvalue weighted by molar-refractivity contribution is -0.137. The van der Waals surface area contributed by atoms with Gasteiger partial charge >= 0.3 is 12.2 Å². The lowest BCUT2D eigenvalue weighted by atomic mass is 10.1. The standard InChI is InChI=1S/C15H9F3N2O3/c16-15(17,18)9-3-1-2-8(6-9)12-5-4-10(23-12)7-11-13(21)20-14(22)19-11/h1-7H,(H2,19,20,21,22). The molecule has 2 N–H and O–H groups in total. The largest absolute Gasteiger partial charge is 0.457 e. The van der Waals surface area contributed by atoms with Crippen molar-refractivity contribution in [3.63, 3.8) is 0 Å². The molecule has 23 heavy (non-hydrogen) atoms. The Balaban J connectivity index is 1.90. The van der Waals surface area contributed by atoms with Crippen LogP contribution in [0.25, 0.3) is 17.4 Å². The highest BCUT2D eigenvalue weighted by Crippen LogP contribution is 2.32. The Kier molecular flexibility index (Phi) is 3.44. The minimum absolute atomic E-state index is 0.0000535. The van der Waals surface area contributed by atoms with Crippen molar-refractivity contribution < 1.29 is 27.2 Å². The van der Waals surface area contributed by atoms with Gasteiger partial charge in [0.15, 0.2) is 0 Å². The Morgan fingerprint density at radius 2 is 1.83 bits per heavy atom. The fourth-order valence-corrected chi connectivity index (χ4v) is 2.06. The van der Waals surface area contributed by atoms with E-state index in [0.717, 1.165) is 12.1 Å². The van der Waals surface area contributed by atoms with Crippen LogP contribution in [0.4, 0.5) is 18.0 Å². The first kappa shape index (κ1) is 14.9. The van der Waals surface area contributed by atoms with E-state index in [1.165, 1.54) is 30.3 Å². The summed E-state index contributed by atoms with van der Waals surface area (Å²) in [7, 11) is 0. The number of carbonyl (C=O) groups is 2. The van der Waals surface area contributed by atoms with E-state index in [9.17, 15) is 22.8 Å². The van der Waals surface area contributed by atoms with Gasteiger partial charge in [-0.1, -0.05) is 12.1 Å². The summed E-state index contributed by atoms with van der Waals surface area (Å²) in [6.45, 7) is 0. The summed E-state index contributed by atoms with van der Waals surface area (Å²) in [5.41, 5.74) is -0.530. The summed E-state index contributed by atoms with van der Waals surface area (Å²) in [5.74, 6) is -0.163. The lowest BCUT2D eigenvalue weighted by Gasteiger charge is -2.07. The number of rotatable bonds is 2. The molecule has 8 heteroatoms. The molecule has 0 bridgehead atoms. The van der Waals surface area contributed by atoms with Gasteiger partial charge in [0.25, 0.3) is 5.91 Å². The van der Waals surface area contributed by atoms with E-state index in [0.29, 0.717) is 0 Å². The predicted octanol–water partition coefficient (Wildman–Crippen LogP) is 3.15. The van der Waals surface area contributed by atoms with Gasteiger partial charge in [-0.15, -0.1) is 0 Å². The van der Waals surface area contributed by atoms with Crippen molar-refractivity contribution >= 4 is 18.0 Å². The molecule has 3 rings (SSSR count). The minimum Gasteiger partial charge on any atom is -0.457 e. The molecule has 1 fully saturated rings. The molecule has 2 aromatic rings. The van der Waals surface area contributed by atoms with Crippen molar-refractivity contribution in [2.45, 2.75) is 6.18 Å². The van der Waals surface area contributed by atoms with E-state index in [-0.39, 0.29) is 22.8 Å². The van der Waals surface area contributed by atoms with Gasteiger partial charge in [0.1, 0.15) is 17.2 Å². The summed E-state index contributed by atoms with van der Waals surface area (Å²) in [5, 5.41) is 4.31. The number of carbonyl (C=O) groups excluding carboxylic acids is 2. The first-order valence-corrected chi connectivity index (χ1v) is 6.44. The van der Waals surface area contributed by atoms with Crippen LogP contribution in [-0.2, 0) is 11.0 Å². The van der Waals surface area contributed by atoms with Crippen molar-refractivity contribution in [2.75, 3.05) is 0 Å². The number of furan rings is 1. The second-order valence-corrected chi connectivity index (χ2v) is 4.75. The van der Waals surface area contributed by atoms with Gasteiger partial charge in [-0.25, -0.2) is 4.79 Å². The third-order valence-electron chi connectivity index (χ3n) is 3.11. The van der Waals surface area contributed by atoms with Gasteiger partial charge < -0.3 is 9.73 Å². The average molecular weight is 322 g/mol. The van der Waals surface area contributed by atoms with E-state index in [1.807, 2.05) is 5.32 Å². The molecule has 0 atom stereocenters. The van der Waals surface area contributed by atoms with E-state index in [1.54, 1.807) is 0 Å². The number of urea groups is 1. The zero-order valence-electron chi connectivity index (χ0n) is 11.4. The molecule has 0 aliphatic carbocycles. The summed E-state index contributed by atoms with van der Waals surface area (Å²) in [6.07, 6.45) is -3.16. The number of imide groups is 1. The Morgan fingerprint density at radius 1 is 1.04 bits per heavy atom. The van der Waals surface area contributed by atoms with Gasteiger partial charge in [-0.3, -0.25) is 10.1 Å². The summed E-state index contributed by atoms with van der Waals surface area (Å²) < 4.78 is 43.6. The van der Waals surface area contributed by atoms with Crippen LogP contribution in [0.15, 0.2) is 46.5 Å². The second-order valence-electron chi connectivity index (χ2n) is 4.75. The van der Waals surface area contributed by atoms with E-state index < -0.39 is 23.7 Å². The molecule has 3 amide bonds. The van der Waals surface area contributed by atoms with E-state index in [2.05, 4.69) is 5.32 Å². The quantitative estimate of drug-likeness (QED) is 0.659. The van der Waals surface area contributed by atoms with Crippen molar-refractivity contribution in [1.82, 2.24) is 10.6 Å². The molecule has 118 valence electrons. The molecule has 0 saturated carbocycles. The first-order chi connectivity index (χ1) is 10.8. The van der Waals surface area contributed by atoms with Crippen molar-refractivity contribution in [2.24, 2.45) is 0 Å². The van der Waals surface area contributed by atoms with Crippen LogP contribution in [0.2, 0.25) is 0 Å². The van der Waals surface area contributed by atoms with Crippen LogP contribution in [-0.4, -0.2) is 11.9 Å². The van der Waals surface area contributed by atoms with Gasteiger partial charge in [0, 0.05) is 11.6 Å². The van der Waals surface area contributed by atoms with Crippen LogP contribution in [0.1, 0.15) is 11.3 Å². The van der Waals surface area contributed by atoms with Crippen LogP contribution in [0.3, 0.4) is 0 Å². The maximum Gasteiger partial charge on any atom is 0.416 e. The Hall–Kier alpha value is -3.03. The average Bonchev–Trinajstić information content (AvgIpc) is 3.06. The Labute approximate surface area is 127 Å². The molecule has 0 spiro atoms. The van der Waals surface area contributed by atoms with Crippen LogP contribution < -0.4 is 10.6 Å². The third-order valence-corrected chi connectivity index (χ3v) is 3.11. The lowest BCUT2D eigenvalue weighted by Crippen LogP contribution is -2.22. The minimum atomic E-state index is -4.44. The SMILES string of the molecule is O=C1NC(=O)C(=Cc2ccc(-c3cccc(C(F)(F)F)c3)o2)N1. The van der Waals surface area contributed by atoms with E-state index >= 15 is 0 Å². The highest BCUT2D eigenvalue weighted by molar-refractivity contribution is 6.13. The number of nitrogens with one attached hydrogen (secondary N) is 2. The van der Waals surface area contributed by atoms with Gasteiger partial charge in [-0.05, 0) is 24.3 Å². The molecule has 1 aromatic carbocycles. The number of hydrogen-bond acceptors (Lipinski definition) is 3. The highest BCUT2D eigenvalue weighted by atomic mass is 19.4. The molecule has 1 aliphatic heterocycles. The predicted molar refractivity (Wildman–Crippen MR) is 73.8 cm³/mol. The maximum absolute atomic E-state index is 12.7. The van der Waals surface area contributed by atoms with E-state index in [4.69, 9.17) is 4.42 Å². The normalized spacial score (nSPS) is 16.6. The monoisotopic (exact) mass is 322 g/mol. The zero-order valence-corrected chi connectivity index (χ0v) is 11.4. The molecule has 1 aromatic heterocycles. The summed E-state index contributed by atoms with van der Waals surface area (Å²) >= 11 is 0. The van der Waals surface area contributed by atoms with Gasteiger partial charge in [-0.2, -0.15) is 13.2 Å². The number of hydrogen-bond donors (Lipinski definition) is 2. The number of amides is 3. The smallest absolute Gasteiger partial charge is 0.416 e. The summed E-state index contributed by atoms with van der Waals surface area (Å²) in [4.78, 5) is 22.4. The molecule has 5 nitrogen and oxygen atoms in total. The molecule has 1 saturated heterocycles. The molecule has 0 unspecified atom stereocenters. The highest BCUT2D eigenvalue weighted by Gasteiger charge is 2.30. The van der Waals surface area contributed by atoms with Gasteiger partial charge in [0.2, 0.25) is 0 Å². The van der Waals surface area contributed by atoms with Crippen LogP contribution in [0.5, 0.6) is 0 Å². The third kappa shape index (κ3) is 3.10. The van der Waals surface area contributed by atoms with Crippen molar-refractivity contribution in [3.05, 3.63) is 53.4 Å². The molecule has 2 heterocycles. The first-order valence-electron chi connectivity index (χ1n) is 6.44. The Morgan fingerprint density at radius 3 is 2.48 bits per heavy atom. The fraction of sp³-hybridized carbons (Fsp3) is 0.0667. The topological polar surface area (TPSA) is 71.3 Å². The summed E-state index contributed by atoms with van der Waals surface area (Å²) in [6, 6.07) is 7.02. The fourth-order valence-electron chi connectivity index (χ4n) is 2.06. The Bertz CT molecular complexity index is 821. The molecule has 0 radical (unpaired) electrons. The van der Waals surface area contributed by atoms with Crippen LogP contribution >= 0.6 is 0 Å². The number of benzene rings is 1. The molecule has 1 aliphatic rings. The molecular formula is C15H9F3N2O3. The zero-order chi connectivity index (χ0) is 16.6. The van der Waals surface area contributed by atoms with Crippen molar-refractivity contribution in [1.29, 1.82) is 0 Å². The number of alkyl halides is 3. The maximum atomic E-state index is 12.7. The van der Waals surface area contributed by atoms with Crippen LogP contribution in [0, 0.1) is 0 Å². The second kappa shape index (κ2) is 5.31. The molecular weight excluding hydrogens is 313 g/mol. The number of halogens is 3. The van der Waals surface area contributed by atoms with Gasteiger partial charge in [0.05, 0.1) is 5.56 Å². The van der Waals surface area contributed by atoms with Crippen molar-refractivity contribution in [3.8, 4) is 11.3 Å².